The number of fused-ring (bicyclic) bond motifs is 1. The number of para-hydroxylation sites is 1. The van der Waals surface area contributed by atoms with E-state index in [1.54, 1.807) is 12.1 Å². The maximum absolute atomic E-state index is 12.4. The lowest BCUT2D eigenvalue weighted by molar-refractivity contribution is 0.0776. The van der Waals surface area contributed by atoms with Crippen molar-refractivity contribution >= 4 is 39.7 Å². The smallest absolute Gasteiger partial charge is 0.264 e. The fourth-order valence-electron chi connectivity index (χ4n) is 2.88. The molecule has 1 aliphatic rings. The second-order valence-corrected chi connectivity index (χ2v) is 7.44. The van der Waals surface area contributed by atoms with Crippen molar-refractivity contribution in [2.45, 2.75) is 12.5 Å². The van der Waals surface area contributed by atoms with Gasteiger partial charge in [-0.05, 0) is 24.3 Å². The number of hydrogen-bond donors (Lipinski definition) is 0. The summed E-state index contributed by atoms with van der Waals surface area (Å²) in [4.78, 5) is 19.5. The van der Waals surface area contributed by atoms with Gasteiger partial charge in [-0.15, -0.1) is 11.3 Å². The van der Waals surface area contributed by atoms with Gasteiger partial charge in [-0.1, -0.05) is 29.8 Å². The highest BCUT2D eigenvalue weighted by Gasteiger charge is 2.29. The Kier molecular flexibility index (Phi) is 4.12. The summed E-state index contributed by atoms with van der Waals surface area (Å²) in [6.07, 6.45) is 0.775. The van der Waals surface area contributed by atoms with Gasteiger partial charge in [0.05, 0.1) is 21.3 Å². The summed E-state index contributed by atoms with van der Waals surface area (Å²) < 4.78 is 6.61. The Balaban J connectivity index is 1.43. The molecular weight excluding hydrogens is 344 g/mol. The molecule has 1 amide bonds. The van der Waals surface area contributed by atoms with Crippen LogP contribution < -0.4 is 4.74 Å². The van der Waals surface area contributed by atoms with Gasteiger partial charge in [0.2, 0.25) is 5.88 Å². The molecule has 4 rings (SSSR count). The van der Waals surface area contributed by atoms with Crippen LogP contribution in [0, 0.1) is 0 Å². The molecule has 0 bridgehead atoms. The Labute approximate surface area is 148 Å². The number of rotatable bonds is 3. The van der Waals surface area contributed by atoms with E-state index in [1.165, 1.54) is 11.3 Å². The largest absolute Gasteiger partial charge is 0.472 e. The fraction of sp³-hybridized carbons (Fsp3) is 0.222. The number of aromatic nitrogens is 1. The van der Waals surface area contributed by atoms with Crippen LogP contribution >= 0.6 is 22.9 Å². The number of benzene rings is 1. The minimum absolute atomic E-state index is 0.0180. The van der Waals surface area contributed by atoms with E-state index < -0.39 is 0 Å². The Morgan fingerprint density at radius 3 is 2.92 bits per heavy atom. The minimum atomic E-state index is -0.0296. The molecule has 4 nitrogen and oxygen atoms in total. The highest BCUT2D eigenvalue weighted by Crippen LogP contribution is 2.25. The van der Waals surface area contributed by atoms with Crippen molar-refractivity contribution < 1.29 is 9.53 Å². The van der Waals surface area contributed by atoms with E-state index in [1.807, 2.05) is 41.3 Å². The second kappa shape index (κ2) is 6.42. The molecule has 0 saturated carbocycles. The summed E-state index contributed by atoms with van der Waals surface area (Å²) in [6.45, 7) is 1.26. The van der Waals surface area contributed by atoms with Gasteiger partial charge in [0.25, 0.3) is 5.91 Å². The first-order chi connectivity index (χ1) is 11.7. The molecule has 24 heavy (non-hydrogen) atoms. The summed E-state index contributed by atoms with van der Waals surface area (Å²) in [5, 5.41) is 1.09. The van der Waals surface area contributed by atoms with E-state index >= 15 is 0 Å². The van der Waals surface area contributed by atoms with Gasteiger partial charge >= 0.3 is 0 Å². The molecule has 1 atom stereocenters. The normalized spacial score (nSPS) is 17.4. The van der Waals surface area contributed by atoms with Crippen molar-refractivity contribution in [3.63, 3.8) is 0 Å². The van der Waals surface area contributed by atoms with Crippen molar-refractivity contribution in [1.29, 1.82) is 0 Å². The highest BCUT2D eigenvalue weighted by atomic mass is 35.5. The molecule has 1 aromatic carbocycles. The Bertz CT molecular complexity index is 895. The molecule has 0 aliphatic carbocycles. The summed E-state index contributed by atoms with van der Waals surface area (Å²) in [6, 6.07) is 15.3. The molecule has 1 unspecified atom stereocenters. The topological polar surface area (TPSA) is 42.4 Å². The Morgan fingerprint density at radius 2 is 2.08 bits per heavy atom. The molecule has 0 spiro atoms. The van der Waals surface area contributed by atoms with Gasteiger partial charge in [0.15, 0.2) is 0 Å². The number of carbonyl (C=O) groups excluding carboxylic acids is 1. The maximum atomic E-state index is 12.4. The standard InChI is InChI=1S/C18H15ClN2O2S/c19-16-7-6-15(24-16)18(22)21-10-9-13(11-21)23-17-8-5-12-3-1-2-4-14(12)20-17/h1-8,13H,9-11H2. The summed E-state index contributed by atoms with van der Waals surface area (Å²) in [5.74, 6) is 0.622. The lowest BCUT2D eigenvalue weighted by atomic mass is 10.2. The fourth-order valence-corrected chi connectivity index (χ4v) is 3.89. The van der Waals surface area contributed by atoms with Gasteiger partial charge in [-0.2, -0.15) is 0 Å². The van der Waals surface area contributed by atoms with Crippen LogP contribution in [0.15, 0.2) is 48.5 Å². The molecule has 0 radical (unpaired) electrons. The summed E-state index contributed by atoms with van der Waals surface area (Å²) in [5.41, 5.74) is 0.911. The van der Waals surface area contributed by atoms with Crippen molar-refractivity contribution in [2.24, 2.45) is 0 Å². The van der Waals surface area contributed by atoms with Crippen molar-refractivity contribution in [3.8, 4) is 5.88 Å². The Morgan fingerprint density at radius 1 is 1.21 bits per heavy atom. The first-order valence-corrected chi connectivity index (χ1v) is 8.95. The third kappa shape index (κ3) is 3.09. The van der Waals surface area contributed by atoms with Crippen LogP contribution in [0.5, 0.6) is 5.88 Å². The van der Waals surface area contributed by atoms with Gasteiger partial charge in [-0.25, -0.2) is 4.98 Å². The number of hydrogen-bond acceptors (Lipinski definition) is 4. The predicted octanol–water partition coefficient (Wildman–Crippen LogP) is 4.24. The van der Waals surface area contributed by atoms with Crippen LogP contribution in [-0.4, -0.2) is 35.0 Å². The van der Waals surface area contributed by atoms with E-state index in [9.17, 15) is 4.79 Å². The average molecular weight is 359 g/mol. The zero-order valence-electron chi connectivity index (χ0n) is 12.8. The van der Waals surface area contributed by atoms with Crippen LogP contribution in [0.3, 0.4) is 0 Å². The van der Waals surface area contributed by atoms with Crippen LogP contribution in [0.2, 0.25) is 4.34 Å². The average Bonchev–Trinajstić information content (AvgIpc) is 3.23. The highest BCUT2D eigenvalue weighted by molar-refractivity contribution is 7.17. The molecule has 3 heterocycles. The number of halogens is 1. The number of pyridine rings is 1. The van der Waals surface area contributed by atoms with E-state index in [0.29, 0.717) is 28.2 Å². The molecule has 3 aromatic rings. The van der Waals surface area contributed by atoms with Gasteiger partial charge in [0.1, 0.15) is 6.10 Å². The summed E-state index contributed by atoms with van der Waals surface area (Å²) in [7, 11) is 0. The zero-order chi connectivity index (χ0) is 16.5. The molecule has 1 fully saturated rings. The van der Waals surface area contributed by atoms with E-state index in [0.717, 1.165) is 17.3 Å². The van der Waals surface area contributed by atoms with Crippen molar-refractivity contribution in [3.05, 3.63) is 57.7 Å². The molecular formula is C18H15ClN2O2S. The lowest BCUT2D eigenvalue weighted by Gasteiger charge is -2.16. The number of likely N-dealkylation sites (tertiary alicyclic amines) is 1. The third-order valence-corrected chi connectivity index (χ3v) is 5.30. The van der Waals surface area contributed by atoms with E-state index in [4.69, 9.17) is 16.3 Å². The van der Waals surface area contributed by atoms with Gasteiger partial charge in [-0.3, -0.25) is 4.79 Å². The number of amides is 1. The molecule has 1 saturated heterocycles. The predicted molar refractivity (Wildman–Crippen MR) is 96.0 cm³/mol. The molecule has 122 valence electrons. The van der Waals surface area contributed by atoms with Gasteiger partial charge < -0.3 is 9.64 Å². The van der Waals surface area contributed by atoms with Crippen molar-refractivity contribution in [1.82, 2.24) is 9.88 Å². The molecule has 0 N–H and O–H groups in total. The number of nitrogens with zero attached hydrogens (tertiary/aromatic N) is 2. The molecule has 1 aliphatic heterocycles. The maximum Gasteiger partial charge on any atom is 0.264 e. The first-order valence-electron chi connectivity index (χ1n) is 7.76. The van der Waals surface area contributed by atoms with Crippen LogP contribution in [0.25, 0.3) is 10.9 Å². The molecule has 6 heteroatoms. The first kappa shape index (κ1) is 15.4. The quantitative estimate of drug-likeness (QED) is 0.703. The summed E-state index contributed by atoms with van der Waals surface area (Å²) >= 11 is 7.22. The van der Waals surface area contributed by atoms with Crippen LogP contribution in [0.1, 0.15) is 16.1 Å². The second-order valence-electron chi connectivity index (χ2n) is 5.73. The Hall–Kier alpha value is -2.11. The number of ether oxygens (including phenoxy) is 1. The minimum Gasteiger partial charge on any atom is -0.472 e. The van der Waals surface area contributed by atoms with Crippen molar-refractivity contribution in [2.75, 3.05) is 13.1 Å². The number of carbonyl (C=O) groups is 1. The van der Waals surface area contributed by atoms with E-state index in [2.05, 4.69) is 4.98 Å². The van der Waals surface area contributed by atoms with Gasteiger partial charge in [0, 0.05) is 24.4 Å². The monoisotopic (exact) mass is 358 g/mol. The van der Waals surface area contributed by atoms with Crippen LogP contribution in [0.4, 0.5) is 0 Å². The SMILES string of the molecule is O=C(c1ccc(Cl)s1)N1CCC(Oc2ccc3ccccc3n2)C1. The number of thiophene rings is 1. The van der Waals surface area contributed by atoms with Crippen LogP contribution in [-0.2, 0) is 0 Å². The molecule has 2 aromatic heterocycles. The lowest BCUT2D eigenvalue weighted by Crippen LogP contribution is -2.30. The zero-order valence-corrected chi connectivity index (χ0v) is 14.4. The third-order valence-electron chi connectivity index (χ3n) is 4.08. The van der Waals surface area contributed by atoms with E-state index in [-0.39, 0.29) is 12.0 Å².